The summed E-state index contributed by atoms with van der Waals surface area (Å²) in [6, 6.07) is 0. The molecule has 0 unspecified atom stereocenters. The average Bonchev–Trinajstić information content (AvgIpc) is 2.57. The highest BCUT2D eigenvalue weighted by molar-refractivity contribution is 5.69. The van der Waals surface area contributed by atoms with E-state index in [1.165, 1.54) is 7.11 Å². The van der Waals surface area contributed by atoms with Gasteiger partial charge in [-0.25, -0.2) is 0 Å². The molecule has 2 rings (SSSR count). The Morgan fingerprint density at radius 3 is 2.80 bits per heavy atom. The maximum atomic E-state index is 11.0. The summed E-state index contributed by atoms with van der Waals surface area (Å²) in [6.45, 7) is 3.70. The van der Waals surface area contributed by atoms with Gasteiger partial charge in [0.2, 0.25) is 0 Å². The Balaban J connectivity index is 1.86. The van der Waals surface area contributed by atoms with E-state index in [-0.39, 0.29) is 30.9 Å². The van der Waals surface area contributed by atoms with Crippen molar-refractivity contribution in [3.63, 3.8) is 0 Å². The topological polar surface area (TPSA) is 54.0 Å². The largest absolute Gasteiger partial charge is 0.469 e. The number of carbonyl (C=O) groups excluding carboxylic acids is 1. The van der Waals surface area contributed by atoms with Crippen molar-refractivity contribution in [1.29, 1.82) is 0 Å². The van der Waals surface area contributed by atoms with E-state index >= 15 is 0 Å². The van der Waals surface area contributed by atoms with Crippen molar-refractivity contribution >= 4 is 5.97 Å². The average molecular weight is 216 g/mol. The van der Waals surface area contributed by atoms with Crippen LogP contribution >= 0.6 is 0 Å². The lowest BCUT2D eigenvalue weighted by Crippen LogP contribution is -2.25. The van der Waals surface area contributed by atoms with E-state index < -0.39 is 5.79 Å². The van der Waals surface area contributed by atoms with Crippen LogP contribution in [0.5, 0.6) is 0 Å². The fourth-order valence-corrected chi connectivity index (χ4v) is 1.98. The van der Waals surface area contributed by atoms with E-state index in [4.69, 9.17) is 14.2 Å². The van der Waals surface area contributed by atoms with Gasteiger partial charge >= 0.3 is 5.97 Å². The van der Waals surface area contributed by atoms with Gasteiger partial charge in [-0.2, -0.15) is 0 Å². The SMILES string of the molecule is COC(=O)C[C@@H]1C[C@H]2OC(C)(C)O[C@H]2O1. The van der Waals surface area contributed by atoms with Gasteiger partial charge in [0.05, 0.1) is 19.6 Å². The van der Waals surface area contributed by atoms with Crippen LogP contribution in [0.1, 0.15) is 26.7 Å². The Morgan fingerprint density at radius 2 is 2.20 bits per heavy atom. The first kappa shape index (κ1) is 10.9. The van der Waals surface area contributed by atoms with Gasteiger partial charge < -0.3 is 18.9 Å². The molecule has 5 nitrogen and oxygen atoms in total. The van der Waals surface area contributed by atoms with Gasteiger partial charge in [-0.1, -0.05) is 0 Å². The first-order valence-electron chi connectivity index (χ1n) is 5.08. The molecule has 86 valence electrons. The predicted molar refractivity (Wildman–Crippen MR) is 49.9 cm³/mol. The summed E-state index contributed by atoms with van der Waals surface area (Å²) >= 11 is 0. The molecular weight excluding hydrogens is 200 g/mol. The van der Waals surface area contributed by atoms with E-state index in [9.17, 15) is 4.79 Å². The van der Waals surface area contributed by atoms with Crippen LogP contribution in [0.4, 0.5) is 0 Å². The summed E-state index contributed by atoms with van der Waals surface area (Å²) in [4.78, 5) is 11.0. The Labute approximate surface area is 88.6 Å². The van der Waals surface area contributed by atoms with Gasteiger partial charge in [0.25, 0.3) is 0 Å². The first-order chi connectivity index (χ1) is 7.00. The molecule has 0 amide bonds. The third kappa shape index (κ3) is 2.30. The van der Waals surface area contributed by atoms with Gasteiger partial charge in [-0.15, -0.1) is 0 Å². The standard InChI is InChI=1S/C10H16O5/c1-10(2)14-7-4-6(5-8(11)12-3)13-9(7)15-10/h6-7,9H,4-5H2,1-3H3/t6-,7+,9+/m0/s1. The number of rotatable bonds is 2. The highest BCUT2D eigenvalue weighted by atomic mass is 16.8. The quantitative estimate of drug-likeness (QED) is 0.639. The van der Waals surface area contributed by atoms with Crippen molar-refractivity contribution in [2.24, 2.45) is 0 Å². The Bertz CT molecular complexity index is 247. The lowest BCUT2D eigenvalue weighted by Gasteiger charge is -2.19. The summed E-state index contributed by atoms with van der Waals surface area (Å²) in [6.07, 6.45) is 0.396. The van der Waals surface area contributed by atoms with Crippen LogP contribution < -0.4 is 0 Å². The van der Waals surface area contributed by atoms with Crippen molar-refractivity contribution < 1.29 is 23.7 Å². The predicted octanol–water partition coefficient (Wildman–Crippen LogP) is 0.816. The maximum Gasteiger partial charge on any atom is 0.308 e. The van der Waals surface area contributed by atoms with Crippen molar-refractivity contribution in [3.05, 3.63) is 0 Å². The Kier molecular flexibility index (Phi) is 2.70. The van der Waals surface area contributed by atoms with E-state index in [2.05, 4.69) is 4.74 Å². The van der Waals surface area contributed by atoms with E-state index in [0.717, 1.165) is 0 Å². The van der Waals surface area contributed by atoms with Crippen LogP contribution in [-0.4, -0.2) is 37.4 Å². The number of esters is 1. The van der Waals surface area contributed by atoms with Crippen molar-refractivity contribution in [2.75, 3.05) is 7.11 Å². The summed E-state index contributed by atoms with van der Waals surface area (Å²) in [5.74, 6) is -0.842. The zero-order valence-electron chi connectivity index (χ0n) is 9.19. The summed E-state index contributed by atoms with van der Waals surface area (Å²) < 4.78 is 21.3. The second-order valence-corrected chi connectivity index (χ2v) is 4.32. The summed E-state index contributed by atoms with van der Waals surface area (Å²) in [5, 5.41) is 0. The van der Waals surface area contributed by atoms with Gasteiger partial charge in [0, 0.05) is 6.42 Å². The number of ether oxygens (including phenoxy) is 4. The van der Waals surface area contributed by atoms with Crippen molar-refractivity contribution in [1.82, 2.24) is 0 Å². The Hall–Kier alpha value is -0.650. The molecule has 2 heterocycles. The third-order valence-electron chi connectivity index (χ3n) is 2.58. The van der Waals surface area contributed by atoms with Crippen LogP contribution in [0.15, 0.2) is 0 Å². The molecule has 0 aromatic rings. The molecule has 2 saturated heterocycles. The molecule has 0 saturated carbocycles. The zero-order chi connectivity index (χ0) is 11.1. The molecule has 0 aliphatic carbocycles. The molecule has 2 fully saturated rings. The van der Waals surface area contributed by atoms with Crippen LogP contribution in [0.25, 0.3) is 0 Å². The number of carbonyl (C=O) groups is 1. The number of hydrogen-bond acceptors (Lipinski definition) is 5. The number of hydrogen-bond donors (Lipinski definition) is 0. The fourth-order valence-electron chi connectivity index (χ4n) is 1.98. The molecule has 2 aliphatic heterocycles. The molecule has 0 spiro atoms. The van der Waals surface area contributed by atoms with Crippen LogP contribution in [0.2, 0.25) is 0 Å². The molecule has 15 heavy (non-hydrogen) atoms. The van der Waals surface area contributed by atoms with Crippen LogP contribution in [-0.2, 0) is 23.7 Å². The summed E-state index contributed by atoms with van der Waals surface area (Å²) in [5.41, 5.74) is 0. The smallest absolute Gasteiger partial charge is 0.308 e. The van der Waals surface area contributed by atoms with Gasteiger partial charge in [-0.05, 0) is 13.8 Å². The molecule has 0 N–H and O–H groups in total. The van der Waals surface area contributed by atoms with Gasteiger partial charge in [0.15, 0.2) is 12.1 Å². The van der Waals surface area contributed by atoms with Gasteiger partial charge in [-0.3, -0.25) is 4.79 Å². The van der Waals surface area contributed by atoms with Crippen LogP contribution in [0, 0.1) is 0 Å². The van der Waals surface area contributed by atoms with Crippen molar-refractivity contribution in [2.45, 2.75) is 51.0 Å². The zero-order valence-corrected chi connectivity index (χ0v) is 9.19. The molecular formula is C10H16O5. The molecule has 0 radical (unpaired) electrons. The highest BCUT2D eigenvalue weighted by Crippen LogP contribution is 2.37. The molecule has 2 aliphatic rings. The second kappa shape index (κ2) is 3.73. The molecule has 0 aromatic heterocycles. The lowest BCUT2D eigenvalue weighted by molar-refractivity contribution is -0.205. The minimum Gasteiger partial charge on any atom is -0.469 e. The maximum absolute atomic E-state index is 11.0. The molecule has 5 heteroatoms. The van der Waals surface area contributed by atoms with E-state index in [1.54, 1.807) is 0 Å². The Morgan fingerprint density at radius 1 is 1.47 bits per heavy atom. The molecule has 0 aromatic carbocycles. The summed E-state index contributed by atoms with van der Waals surface area (Å²) in [7, 11) is 1.37. The normalized spacial score (nSPS) is 37.7. The first-order valence-corrected chi connectivity index (χ1v) is 5.08. The monoisotopic (exact) mass is 216 g/mol. The minimum absolute atomic E-state index is 0.0605. The van der Waals surface area contributed by atoms with Crippen molar-refractivity contribution in [3.8, 4) is 0 Å². The van der Waals surface area contributed by atoms with E-state index in [0.29, 0.717) is 6.42 Å². The van der Waals surface area contributed by atoms with Gasteiger partial charge in [0.1, 0.15) is 6.10 Å². The fraction of sp³-hybridized carbons (Fsp3) is 0.900. The second-order valence-electron chi connectivity index (χ2n) is 4.32. The number of fused-ring (bicyclic) bond motifs is 1. The van der Waals surface area contributed by atoms with E-state index in [1.807, 2.05) is 13.8 Å². The van der Waals surface area contributed by atoms with Crippen LogP contribution in [0.3, 0.4) is 0 Å². The number of methoxy groups -OCH3 is 1. The lowest BCUT2D eigenvalue weighted by atomic mass is 10.1. The highest BCUT2D eigenvalue weighted by Gasteiger charge is 2.48. The minimum atomic E-state index is -0.578. The third-order valence-corrected chi connectivity index (χ3v) is 2.58. The molecule has 3 atom stereocenters. The molecule has 0 bridgehead atoms.